The maximum Gasteiger partial charge on any atom is 0.363 e. The van der Waals surface area contributed by atoms with E-state index in [1.165, 1.54) is 11.3 Å². The first-order valence-electron chi connectivity index (χ1n) is 5.63. The Morgan fingerprint density at radius 1 is 1.32 bits per heavy atom. The quantitative estimate of drug-likeness (QED) is 0.630. The Hall–Kier alpha value is -1.79. The average molecular weight is 290 g/mol. The fourth-order valence-electron chi connectivity index (χ4n) is 1.65. The SMILES string of the molecule is Cc1ccc(C2=N/C(=C\c3csc(C)n3)C(=O)O2)s1. The van der Waals surface area contributed by atoms with Crippen molar-refractivity contribution in [3.8, 4) is 0 Å². The minimum atomic E-state index is -0.424. The normalized spacial score (nSPS) is 16.8. The van der Waals surface area contributed by atoms with Crippen molar-refractivity contribution in [2.24, 2.45) is 4.99 Å². The smallest absolute Gasteiger partial charge is 0.363 e. The first kappa shape index (κ1) is 12.3. The molecule has 0 radical (unpaired) electrons. The number of hydrogen-bond donors (Lipinski definition) is 0. The van der Waals surface area contributed by atoms with Gasteiger partial charge in [0.05, 0.1) is 15.6 Å². The third-order valence-electron chi connectivity index (χ3n) is 2.49. The molecule has 0 saturated carbocycles. The molecule has 0 unspecified atom stereocenters. The van der Waals surface area contributed by atoms with Gasteiger partial charge in [-0.1, -0.05) is 0 Å². The lowest BCUT2D eigenvalue weighted by atomic mass is 10.3. The van der Waals surface area contributed by atoms with Gasteiger partial charge in [-0.3, -0.25) is 0 Å². The van der Waals surface area contributed by atoms with E-state index < -0.39 is 5.97 Å². The summed E-state index contributed by atoms with van der Waals surface area (Å²) in [5.74, 6) is -0.0481. The van der Waals surface area contributed by atoms with Crippen LogP contribution in [0.1, 0.15) is 20.5 Å². The average Bonchev–Trinajstić information content (AvgIpc) is 3.03. The Morgan fingerprint density at radius 3 is 2.79 bits per heavy atom. The molecule has 96 valence electrons. The van der Waals surface area contributed by atoms with Crippen molar-refractivity contribution in [1.82, 2.24) is 4.98 Å². The summed E-state index contributed by atoms with van der Waals surface area (Å²) in [4.78, 5) is 22.3. The number of carbonyl (C=O) groups is 1. The Labute approximate surface area is 118 Å². The van der Waals surface area contributed by atoms with Gasteiger partial charge in [0.2, 0.25) is 5.90 Å². The molecule has 0 bridgehead atoms. The number of nitrogens with zero attached hydrogens (tertiary/aromatic N) is 2. The Morgan fingerprint density at radius 2 is 2.16 bits per heavy atom. The number of hydrogen-bond acceptors (Lipinski definition) is 6. The van der Waals surface area contributed by atoms with Gasteiger partial charge >= 0.3 is 5.97 Å². The lowest BCUT2D eigenvalue weighted by Crippen LogP contribution is -2.03. The first-order chi connectivity index (χ1) is 9.11. The molecule has 0 amide bonds. The van der Waals surface area contributed by atoms with E-state index in [2.05, 4.69) is 9.98 Å². The molecule has 3 rings (SSSR count). The van der Waals surface area contributed by atoms with Gasteiger partial charge in [0.1, 0.15) is 0 Å². The summed E-state index contributed by atoms with van der Waals surface area (Å²) in [5, 5.41) is 2.84. The Kier molecular flexibility index (Phi) is 3.04. The van der Waals surface area contributed by atoms with Crippen LogP contribution in [0.25, 0.3) is 6.08 Å². The van der Waals surface area contributed by atoms with E-state index in [0.29, 0.717) is 11.6 Å². The molecule has 0 atom stereocenters. The number of cyclic esters (lactones) is 1. The molecule has 4 nitrogen and oxygen atoms in total. The summed E-state index contributed by atoms with van der Waals surface area (Å²) in [5.41, 5.74) is 1.04. The number of thiophene rings is 1. The van der Waals surface area contributed by atoms with Gasteiger partial charge in [0.25, 0.3) is 0 Å². The van der Waals surface area contributed by atoms with Crippen LogP contribution in [0.2, 0.25) is 0 Å². The van der Waals surface area contributed by atoms with Crippen LogP contribution in [-0.2, 0) is 9.53 Å². The summed E-state index contributed by atoms with van der Waals surface area (Å²) in [7, 11) is 0. The highest BCUT2D eigenvalue weighted by molar-refractivity contribution is 7.14. The zero-order chi connectivity index (χ0) is 13.4. The number of esters is 1. The van der Waals surface area contributed by atoms with Crippen molar-refractivity contribution in [2.75, 3.05) is 0 Å². The number of thiazole rings is 1. The number of aliphatic imine (C=N–C) groups is 1. The minimum Gasteiger partial charge on any atom is -0.401 e. The molecule has 0 saturated heterocycles. The van der Waals surface area contributed by atoms with Crippen molar-refractivity contribution in [1.29, 1.82) is 0 Å². The number of aromatic nitrogens is 1. The first-order valence-corrected chi connectivity index (χ1v) is 7.33. The number of aryl methyl sites for hydroxylation is 2. The summed E-state index contributed by atoms with van der Waals surface area (Å²) in [6.45, 7) is 3.92. The van der Waals surface area contributed by atoms with Gasteiger partial charge in [0.15, 0.2) is 5.70 Å². The van der Waals surface area contributed by atoms with Gasteiger partial charge in [0, 0.05) is 10.3 Å². The van der Waals surface area contributed by atoms with Crippen LogP contribution in [-0.4, -0.2) is 16.9 Å². The van der Waals surface area contributed by atoms with Crippen molar-refractivity contribution in [3.63, 3.8) is 0 Å². The summed E-state index contributed by atoms with van der Waals surface area (Å²) >= 11 is 3.09. The molecule has 0 fully saturated rings. The molecule has 0 aromatic carbocycles. The molecule has 1 aliphatic heterocycles. The van der Waals surface area contributed by atoms with Gasteiger partial charge in [-0.05, 0) is 32.1 Å². The van der Waals surface area contributed by atoms with Crippen molar-refractivity contribution in [3.05, 3.63) is 43.7 Å². The molecule has 19 heavy (non-hydrogen) atoms. The van der Waals surface area contributed by atoms with Gasteiger partial charge < -0.3 is 4.74 Å². The molecule has 1 aliphatic rings. The molecule has 0 aliphatic carbocycles. The van der Waals surface area contributed by atoms with Crippen LogP contribution >= 0.6 is 22.7 Å². The molecule has 0 N–H and O–H groups in total. The molecular formula is C13H10N2O2S2. The third kappa shape index (κ3) is 2.50. The van der Waals surface area contributed by atoms with E-state index in [1.54, 1.807) is 17.4 Å². The molecule has 2 aromatic rings. The monoisotopic (exact) mass is 290 g/mol. The molecular weight excluding hydrogens is 280 g/mol. The van der Waals surface area contributed by atoms with Crippen LogP contribution in [0.4, 0.5) is 0 Å². The lowest BCUT2D eigenvalue weighted by Gasteiger charge is -1.92. The van der Waals surface area contributed by atoms with Gasteiger partial charge in [-0.15, -0.1) is 22.7 Å². The fraction of sp³-hybridized carbons (Fsp3) is 0.154. The van der Waals surface area contributed by atoms with Gasteiger partial charge in [-0.25, -0.2) is 14.8 Å². The molecule has 6 heteroatoms. The van der Waals surface area contributed by atoms with Gasteiger partial charge in [-0.2, -0.15) is 0 Å². The Balaban J connectivity index is 1.93. The van der Waals surface area contributed by atoms with E-state index in [4.69, 9.17) is 4.74 Å². The third-order valence-corrected chi connectivity index (χ3v) is 4.27. The highest BCUT2D eigenvalue weighted by atomic mass is 32.1. The largest absolute Gasteiger partial charge is 0.401 e. The lowest BCUT2D eigenvalue weighted by molar-refractivity contribution is -0.129. The zero-order valence-electron chi connectivity index (χ0n) is 10.3. The number of rotatable bonds is 2. The zero-order valence-corrected chi connectivity index (χ0v) is 12.0. The predicted octanol–water partition coefficient (Wildman–Crippen LogP) is 3.17. The van der Waals surface area contributed by atoms with Crippen LogP contribution in [0.3, 0.4) is 0 Å². The Bertz CT molecular complexity index is 710. The van der Waals surface area contributed by atoms with Crippen molar-refractivity contribution >= 4 is 40.6 Å². The van der Waals surface area contributed by atoms with E-state index in [1.807, 2.05) is 31.4 Å². The second-order valence-corrected chi connectivity index (χ2v) is 6.39. The van der Waals surface area contributed by atoms with Crippen LogP contribution in [0.15, 0.2) is 28.2 Å². The summed E-state index contributed by atoms with van der Waals surface area (Å²) in [6.07, 6.45) is 1.65. The fourth-order valence-corrected chi connectivity index (χ4v) is 3.01. The minimum absolute atomic E-state index is 0.298. The topological polar surface area (TPSA) is 51.5 Å². The predicted molar refractivity (Wildman–Crippen MR) is 76.5 cm³/mol. The summed E-state index contributed by atoms with van der Waals surface area (Å²) in [6, 6.07) is 3.88. The highest BCUT2D eigenvalue weighted by Gasteiger charge is 2.25. The second-order valence-electron chi connectivity index (χ2n) is 4.04. The van der Waals surface area contributed by atoms with Crippen LogP contribution < -0.4 is 0 Å². The van der Waals surface area contributed by atoms with E-state index >= 15 is 0 Å². The standard InChI is InChI=1S/C13H10N2O2S2/c1-7-3-4-11(19-7)12-15-10(13(16)17-12)5-9-6-18-8(2)14-9/h3-6H,1-2H3/b10-5-. The second kappa shape index (κ2) is 4.71. The van der Waals surface area contributed by atoms with Crippen molar-refractivity contribution in [2.45, 2.75) is 13.8 Å². The number of ether oxygens (including phenoxy) is 1. The number of carbonyl (C=O) groups excluding carboxylic acids is 1. The maximum atomic E-state index is 11.8. The maximum absolute atomic E-state index is 11.8. The van der Waals surface area contributed by atoms with E-state index in [0.717, 1.165) is 20.5 Å². The van der Waals surface area contributed by atoms with E-state index in [-0.39, 0.29) is 0 Å². The molecule has 0 spiro atoms. The molecule has 3 heterocycles. The van der Waals surface area contributed by atoms with Crippen LogP contribution in [0, 0.1) is 13.8 Å². The van der Waals surface area contributed by atoms with Crippen molar-refractivity contribution < 1.29 is 9.53 Å². The van der Waals surface area contributed by atoms with Crippen LogP contribution in [0.5, 0.6) is 0 Å². The van der Waals surface area contributed by atoms with E-state index in [9.17, 15) is 4.79 Å². The highest BCUT2D eigenvalue weighted by Crippen LogP contribution is 2.23. The summed E-state index contributed by atoms with van der Waals surface area (Å²) < 4.78 is 5.18. The molecule has 2 aromatic heterocycles.